The molecule has 0 aliphatic rings. The summed E-state index contributed by atoms with van der Waals surface area (Å²) in [4.78, 5) is 25.6. The van der Waals surface area contributed by atoms with Crippen molar-refractivity contribution >= 4 is 23.2 Å². The lowest BCUT2D eigenvalue weighted by atomic mass is 10.1. The molecule has 0 unspecified atom stereocenters. The third-order valence-corrected chi connectivity index (χ3v) is 5.28. The second-order valence-electron chi connectivity index (χ2n) is 7.42. The van der Waals surface area contributed by atoms with Gasteiger partial charge in [-0.3, -0.25) is 9.36 Å². The molecule has 1 heterocycles. The van der Waals surface area contributed by atoms with Gasteiger partial charge in [0.25, 0.3) is 12.3 Å². The maximum Gasteiger partial charge on any atom is 0.350 e. The molecule has 0 saturated heterocycles. The highest BCUT2D eigenvalue weighted by atomic mass is 35.5. The Morgan fingerprint density at radius 2 is 1.97 bits per heavy atom. The molecule has 0 bridgehead atoms. The number of benzene rings is 2. The van der Waals surface area contributed by atoms with Crippen LogP contribution in [-0.4, -0.2) is 44.6 Å². The SMILES string of the molecule is CCCn1c(CO)nn(-c2cc(O[C@@H](CF)C(F)F)c(C(=O)Nc3c(F)cccc3Cl)cc2F)c1=O. The zero-order chi connectivity index (χ0) is 26.6. The number of aromatic nitrogens is 3. The second kappa shape index (κ2) is 11.5. The van der Waals surface area contributed by atoms with Crippen LogP contribution in [0.2, 0.25) is 5.02 Å². The molecule has 3 aromatic rings. The number of para-hydroxylation sites is 1. The van der Waals surface area contributed by atoms with Crippen molar-refractivity contribution in [3.05, 3.63) is 68.9 Å². The number of nitrogens with one attached hydrogen (secondary N) is 1. The molecule has 0 fully saturated rings. The Kier molecular flexibility index (Phi) is 8.69. The monoisotopic (exact) mass is 534 g/mol. The predicted octanol–water partition coefficient (Wildman–Crippen LogP) is 4.10. The second-order valence-corrected chi connectivity index (χ2v) is 7.82. The summed E-state index contributed by atoms with van der Waals surface area (Å²) in [7, 11) is 0. The number of hydrogen-bond acceptors (Lipinski definition) is 5. The standard InChI is InChI=1S/C22H20ClF5N4O4/c1-2-6-31-18(10-33)30-32(22(31)35)15-8-16(36-17(9-24)20(27)28)11(7-14(15)26)21(34)29-19-12(23)4-3-5-13(19)25/h3-5,7-8,17,20,33H,2,6,9-10H2,1H3,(H,29,34)/t17-/m0/s1. The molecule has 194 valence electrons. The molecule has 8 nitrogen and oxygen atoms in total. The molecule has 1 atom stereocenters. The molecule has 2 aromatic carbocycles. The third kappa shape index (κ3) is 5.51. The van der Waals surface area contributed by atoms with Gasteiger partial charge in [0.05, 0.1) is 16.3 Å². The van der Waals surface area contributed by atoms with Crippen LogP contribution in [0, 0.1) is 11.6 Å². The number of amides is 1. The van der Waals surface area contributed by atoms with E-state index in [-0.39, 0.29) is 17.4 Å². The summed E-state index contributed by atoms with van der Waals surface area (Å²) in [6.07, 6.45) is -5.19. The fourth-order valence-electron chi connectivity index (χ4n) is 3.25. The molecule has 14 heteroatoms. The van der Waals surface area contributed by atoms with Gasteiger partial charge >= 0.3 is 5.69 Å². The molecule has 2 N–H and O–H groups in total. The number of hydrogen-bond donors (Lipinski definition) is 2. The van der Waals surface area contributed by atoms with E-state index in [0.717, 1.165) is 10.6 Å². The Morgan fingerprint density at radius 1 is 1.25 bits per heavy atom. The molecular formula is C22H20ClF5N4O4. The lowest BCUT2D eigenvalue weighted by Crippen LogP contribution is -2.29. The largest absolute Gasteiger partial charge is 0.481 e. The van der Waals surface area contributed by atoms with Crippen molar-refractivity contribution in [1.82, 2.24) is 14.3 Å². The van der Waals surface area contributed by atoms with Gasteiger partial charge in [-0.1, -0.05) is 24.6 Å². The third-order valence-electron chi connectivity index (χ3n) is 4.96. The first kappa shape index (κ1) is 27.1. The van der Waals surface area contributed by atoms with E-state index >= 15 is 4.39 Å². The van der Waals surface area contributed by atoms with Crippen LogP contribution in [0.25, 0.3) is 5.69 Å². The summed E-state index contributed by atoms with van der Waals surface area (Å²) >= 11 is 5.88. The minimum absolute atomic E-state index is 0.103. The summed E-state index contributed by atoms with van der Waals surface area (Å²) in [5.41, 5.74) is -2.67. The maximum atomic E-state index is 15.1. The van der Waals surface area contributed by atoms with E-state index in [1.807, 2.05) is 0 Å². The van der Waals surface area contributed by atoms with Crippen LogP contribution in [0.4, 0.5) is 27.6 Å². The number of rotatable bonds is 10. The van der Waals surface area contributed by atoms with Crippen molar-refractivity contribution in [1.29, 1.82) is 0 Å². The normalized spacial score (nSPS) is 12.1. The molecule has 0 aliphatic carbocycles. The van der Waals surface area contributed by atoms with Crippen LogP contribution in [0.1, 0.15) is 29.5 Å². The molecule has 0 saturated carbocycles. The van der Waals surface area contributed by atoms with Crippen molar-refractivity contribution in [2.75, 3.05) is 12.0 Å². The van der Waals surface area contributed by atoms with Gasteiger partial charge in [-0.2, -0.15) is 4.68 Å². The number of aliphatic hydroxyl groups excluding tert-OH is 1. The minimum atomic E-state index is -3.33. The first-order valence-corrected chi connectivity index (χ1v) is 10.9. The van der Waals surface area contributed by atoms with Crippen molar-refractivity contribution in [3.8, 4) is 11.4 Å². The van der Waals surface area contributed by atoms with Crippen LogP contribution in [0.15, 0.2) is 35.1 Å². The first-order valence-electron chi connectivity index (χ1n) is 10.5. The van der Waals surface area contributed by atoms with Gasteiger partial charge < -0.3 is 15.2 Å². The van der Waals surface area contributed by atoms with E-state index in [1.54, 1.807) is 6.92 Å². The van der Waals surface area contributed by atoms with Gasteiger partial charge in [0.1, 0.15) is 36.4 Å². The van der Waals surface area contributed by atoms with E-state index in [2.05, 4.69) is 10.4 Å². The minimum Gasteiger partial charge on any atom is -0.481 e. The number of halogens is 6. The molecule has 0 spiro atoms. The molecule has 0 aliphatic heterocycles. The van der Waals surface area contributed by atoms with Crippen LogP contribution in [0.5, 0.6) is 5.75 Å². The number of anilines is 1. The van der Waals surface area contributed by atoms with Crippen molar-refractivity contribution in [2.24, 2.45) is 0 Å². The maximum absolute atomic E-state index is 15.1. The number of carbonyl (C=O) groups excluding carboxylic acids is 1. The fraction of sp³-hybridized carbons (Fsp3) is 0.318. The summed E-state index contributed by atoms with van der Waals surface area (Å²) in [6, 6.07) is 4.76. The highest BCUT2D eigenvalue weighted by Crippen LogP contribution is 2.30. The smallest absolute Gasteiger partial charge is 0.350 e. The van der Waals surface area contributed by atoms with Gasteiger partial charge in [-0.05, 0) is 24.6 Å². The summed E-state index contributed by atoms with van der Waals surface area (Å²) < 4.78 is 75.5. The van der Waals surface area contributed by atoms with Gasteiger partial charge in [0.15, 0.2) is 11.9 Å². The van der Waals surface area contributed by atoms with Crippen LogP contribution in [0.3, 0.4) is 0 Å². The number of nitrogens with zero attached hydrogens (tertiary/aromatic N) is 3. The zero-order valence-corrected chi connectivity index (χ0v) is 19.4. The van der Waals surface area contributed by atoms with Crippen molar-refractivity contribution < 1.29 is 36.6 Å². The Labute approximate surface area is 205 Å². The van der Waals surface area contributed by atoms with Crippen LogP contribution in [-0.2, 0) is 13.2 Å². The average Bonchev–Trinajstić information content (AvgIpc) is 3.15. The van der Waals surface area contributed by atoms with Crippen LogP contribution < -0.4 is 15.7 Å². The topological polar surface area (TPSA) is 98.4 Å². The van der Waals surface area contributed by atoms with E-state index in [9.17, 15) is 32.3 Å². The summed E-state index contributed by atoms with van der Waals surface area (Å²) in [5, 5.41) is 15.2. The Morgan fingerprint density at radius 3 is 2.56 bits per heavy atom. The molecule has 1 aromatic heterocycles. The lowest BCUT2D eigenvalue weighted by Gasteiger charge is -2.19. The van der Waals surface area contributed by atoms with E-state index in [0.29, 0.717) is 23.2 Å². The zero-order valence-electron chi connectivity index (χ0n) is 18.7. The molecule has 0 radical (unpaired) electrons. The molecule has 1 amide bonds. The van der Waals surface area contributed by atoms with Crippen LogP contribution >= 0.6 is 11.6 Å². The predicted molar refractivity (Wildman–Crippen MR) is 120 cm³/mol. The fourth-order valence-corrected chi connectivity index (χ4v) is 3.46. The first-order chi connectivity index (χ1) is 17.1. The Bertz CT molecular complexity index is 1290. The van der Waals surface area contributed by atoms with E-state index < -0.39 is 71.7 Å². The van der Waals surface area contributed by atoms with Crippen molar-refractivity contribution in [3.63, 3.8) is 0 Å². The molecule has 36 heavy (non-hydrogen) atoms. The van der Waals surface area contributed by atoms with Crippen molar-refractivity contribution in [2.45, 2.75) is 39.0 Å². The van der Waals surface area contributed by atoms with E-state index in [1.165, 1.54) is 12.1 Å². The number of alkyl halides is 3. The molecule has 3 rings (SSSR count). The number of ether oxygens (including phenoxy) is 1. The highest BCUT2D eigenvalue weighted by molar-refractivity contribution is 6.34. The van der Waals surface area contributed by atoms with E-state index in [4.69, 9.17) is 16.3 Å². The van der Waals surface area contributed by atoms with Gasteiger partial charge in [-0.15, -0.1) is 5.10 Å². The quantitative estimate of drug-likeness (QED) is 0.382. The lowest BCUT2D eigenvalue weighted by molar-refractivity contribution is -0.00159. The molecular weight excluding hydrogens is 515 g/mol. The highest BCUT2D eigenvalue weighted by Gasteiger charge is 2.28. The average molecular weight is 535 g/mol. The Balaban J connectivity index is 2.15. The Hall–Kier alpha value is -3.45. The van der Waals surface area contributed by atoms with Gasteiger partial charge in [0, 0.05) is 12.6 Å². The van der Waals surface area contributed by atoms with Gasteiger partial charge in [0.2, 0.25) is 0 Å². The number of aliphatic hydroxyl groups is 1. The van der Waals surface area contributed by atoms with Gasteiger partial charge in [-0.25, -0.2) is 26.7 Å². The number of carbonyl (C=O) groups is 1. The summed E-state index contributed by atoms with van der Waals surface area (Å²) in [6.45, 7) is -0.441. The summed E-state index contributed by atoms with van der Waals surface area (Å²) in [5.74, 6) is -4.20.